The van der Waals surface area contributed by atoms with Crippen molar-refractivity contribution in [3.63, 3.8) is 0 Å². The lowest BCUT2D eigenvalue weighted by atomic mass is 10.1. The van der Waals surface area contributed by atoms with Gasteiger partial charge in [-0.25, -0.2) is 4.79 Å². The Morgan fingerprint density at radius 3 is 2.57 bits per heavy atom. The lowest BCUT2D eigenvalue weighted by molar-refractivity contribution is -0.132. The zero-order valence-electron chi connectivity index (χ0n) is 16.9. The minimum atomic E-state index is -0.00414. The quantitative estimate of drug-likeness (QED) is 0.847. The number of hydrogen-bond acceptors (Lipinski definition) is 3. The fourth-order valence-corrected chi connectivity index (χ4v) is 4.30. The molecule has 2 heterocycles. The SMILES string of the molecule is Cc1ccc(CNC(=O)N2CCCN(C3CCN(CC4CC4)C3=O)CC2)cc1. The van der Waals surface area contributed by atoms with Crippen molar-refractivity contribution >= 4 is 11.9 Å². The number of amides is 3. The summed E-state index contributed by atoms with van der Waals surface area (Å²) in [6, 6.07) is 8.26. The van der Waals surface area contributed by atoms with Gasteiger partial charge in [0.15, 0.2) is 0 Å². The minimum absolute atomic E-state index is 0.00414. The van der Waals surface area contributed by atoms with Crippen LogP contribution in [-0.4, -0.2) is 71.9 Å². The van der Waals surface area contributed by atoms with Crippen molar-refractivity contribution < 1.29 is 9.59 Å². The van der Waals surface area contributed by atoms with Crippen LogP contribution in [0.15, 0.2) is 24.3 Å². The fourth-order valence-electron chi connectivity index (χ4n) is 4.30. The average molecular weight is 385 g/mol. The van der Waals surface area contributed by atoms with E-state index in [2.05, 4.69) is 46.3 Å². The van der Waals surface area contributed by atoms with Crippen molar-refractivity contribution in [2.75, 3.05) is 39.3 Å². The van der Waals surface area contributed by atoms with Crippen LogP contribution in [-0.2, 0) is 11.3 Å². The maximum Gasteiger partial charge on any atom is 0.317 e. The Balaban J connectivity index is 1.25. The number of carbonyl (C=O) groups is 2. The molecule has 3 amide bonds. The second-order valence-electron chi connectivity index (χ2n) is 8.55. The third-order valence-electron chi connectivity index (χ3n) is 6.27. The molecule has 6 heteroatoms. The van der Waals surface area contributed by atoms with E-state index in [4.69, 9.17) is 0 Å². The van der Waals surface area contributed by atoms with Gasteiger partial charge in [-0.1, -0.05) is 29.8 Å². The molecule has 3 fully saturated rings. The van der Waals surface area contributed by atoms with Gasteiger partial charge in [0.05, 0.1) is 6.04 Å². The maximum atomic E-state index is 12.8. The van der Waals surface area contributed by atoms with Gasteiger partial charge < -0.3 is 15.1 Å². The van der Waals surface area contributed by atoms with Gasteiger partial charge in [-0.15, -0.1) is 0 Å². The molecule has 28 heavy (non-hydrogen) atoms. The monoisotopic (exact) mass is 384 g/mol. The van der Waals surface area contributed by atoms with Gasteiger partial charge in [-0.2, -0.15) is 0 Å². The predicted molar refractivity (Wildman–Crippen MR) is 109 cm³/mol. The van der Waals surface area contributed by atoms with E-state index in [1.165, 1.54) is 18.4 Å². The molecule has 0 spiro atoms. The molecule has 1 saturated carbocycles. The van der Waals surface area contributed by atoms with Crippen LogP contribution >= 0.6 is 0 Å². The maximum absolute atomic E-state index is 12.8. The van der Waals surface area contributed by atoms with E-state index in [-0.39, 0.29) is 12.1 Å². The Morgan fingerprint density at radius 2 is 1.82 bits per heavy atom. The minimum Gasteiger partial charge on any atom is -0.341 e. The molecule has 1 aromatic rings. The van der Waals surface area contributed by atoms with Crippen molar-refractivity contribution in [2.45, 2.75) is 45.2 Å². The molecule has 3 aliphatic rings. The van der Waals surface area contributed by atoms with Crippen LogP contribution in [0.1, 0.15) is 36.8 Å². The summed E-state index contributed by atoms with van der Waals surface area (Å²) in [5.41, 5.74) is 2.34. The molecule has 0 radical (unpaired) electrons. The first kappa shape index (κ1) is 19.2. The highest BCUT2D eigenvalue weighted by Crippen LogP contribution is 2.31. The van der Waals surface area contributed by atoms with Crippen molar-refractivity contribution in [2.24, 2.45) is 5.92 Å². The number of hydrogen-bond donors (Lipinski definition) is 1. The van der Waals surface area contributed by atoms with Gasteiger partial charge >= 0.3 is 6.03 Å². The van der Waals surface area contributed by atoms with Crippen LogP contribution in [0, 0.1) is 12.8 Å². The number of aryl methyl sites for hydroxylation is 1. The Hall–Kier alpha value is -2.08. The first-order valence-corrected chi connectivity index (χ1v) is 10.7. The van der Waals surface area contributed by atoms with Gasteiger partial charge in [0.1, 0.15) is 0 Å². The molecule has 1 N–H and O–H groups in total. The average Bonchev–Trinajstić information content (AvgIpc) is 3.48. The second-order valence-corrected chi connectivity index (χ2v) is 8.55. The van der Waals surface area contributed by atoms with Crippen LogP contribution in [0.25, 0.3) is 0 Å². The predicted octanol–water partition coefficient (Wildman–Crippen LogP) is 2.22. The Labute approximate surface area is 167 Å². The Morgan fingerprint density at radius 1 is 1.04 bits per heavy atom. The van der Waals surface area contributed by atoms with E-state index in [1.807, 2.05) is 4.90 Å². The highest BCUT2D eigenvalue weighted by atomic mass is 16.2. The molecule has 1 unspecified atom stereocenters. The molecule has 0 bridgehead atoms. The standard InChI is InChI=1S/C22H32N4O2/c1-17-3-5-18(6-4-17)15-23-22(28)25-11-2-10-24(13-14-25)20-9-12-26(21(20)27)16-19-7-8-19/h3-6,19-20H,2,7-16H2,1H3,(H,23,28). The Bertz CT molecular complexity index is 701. The Kier molecular flexibility index (Phi) is 5.85. The summed E-state index contributed by atoms with van der Waals surface area (Å²) in [5.74, 6) is 1.06. The molecular formula is C22H32N4O2. The zero-order chi connectivity index (χ0) is 19.5. The van der Waals surface area contributed by atoms with Gasteiger partial charge in [0, 0.05) is 45.8 Å². The number of nitrogens with one attached hydrogen (secondary N) is 1. The lowest BCUT2D eigenvalue weighted by Gasteiger charge is -2.26. The first-order chi connectivity index (χ1) is 13.6. The van der Waals surface area contributed by atoms with Crippen LogP contribution in [0.5, 0.6) is 0 Å². The summed E-state index contributed by atoms with van der Waals surface area (Å²) in [6.45, 7) is 7.59. The summed E-state index contributed by atoms with van der Waals surface area (Å²) in [5, 5.41) is 3.04. The summed E-state index contributed by atoms with van der Waals surface area (Å²) in [4.78, 5) is 31.6. The summed E-state index contributed by atoms with van der Waals surface area (Å²) < 4.78 is 0. The number of benzene rings is 1. The van der Waals surface area contributed by atoms with E-state index in [9.17, 15) is 9.59 Å². The van der Waals surface area contributed by atoms with E-state index in [0.29, 0.717) is 19.0 Å². The van der Waals surface area contributed by atoms with Gasteiger partial charge in [0.2, 0.25) is 5.91 Å². The number of likely N-dealkylation sites (tertiary alicyclic amines) is 1. The van der Waals surface area contributed by atoms with Gasteiger partial charge in [0.25, 0.3) is 0 Å². The third kappa shape index (κ3) is 4.66. The van der Waals surface area contributed by atoms with Crippen molar-refractivity contribution in [3.8, 4) is 0 Å². The number of nitrogens with zero attached hydrogens (tertiary/aromatic N) is 3. The smallest absolute Gasteiger partial charge is 0.317 e. The largest absolute Gasteiger partial charge is 0.341 e. The molecule has 1 atom stereocenters. The lowest BCUT2D eigenvalue weighted by Crippen LogP contribution is -2.45. The van der Waals surface area contributed by atoms with Gasteiger partial charge in [-0.3, -0.25) is 9.69 Å². The molecule has 152 valence electrons. The van der Waals surface area contributed by atoms with Crippen molar-refractivity contribution in [3.05, 3.63) is 35.4 Å². The normalized spacial score (nSPS) is 23.8. The molecule has 1 aromatic carbocycles. The fraction of sp³-hybridized carbons (Fsp3) is 0.636. The molecule has 4 rings (SSSR count). The van der Waals surface area contributed by atoms with Crippen LogP contribution < -0.4 is 5.32 Å². The van der Waals surface area contributed by atoms with Crippen LogP contribution in [0.2, 0.25) is 0 Å². The van der Waals surface area contributed by atoms with Crippen molar-refractivity contribution in [1.29, 1.82) is 0 Å². The molecule has 6 nitrogen and oxygen atoms in total. The van der Waals surface area contributed by atoms with Crippen LogP contribution in [0.3, 0.4) is 0 Å². The van der Waals surface area contributed by atoms with E-state index < -0.39 is 0 Å². The second kappa shape index (κ2) is 8.52. The van der Waals surface area contributed by atoms with E-state index in [1.54, 1.807) is 0 Å². The van der Waals surface area contributed by atoms with E-state index in [0.717, 1.165) is 57.0 Å². The topological polar surface area (TPSA) is 55.9 Å². The summed E-state index contributed by atoms with van der Waals surface area (Å²) >= 11 is 0. The molecule has 0 aromatic heterocycles. The zero-order valence-corrected chi connectivity index (χ0v) is 16.9. The number of carbonyl (C=O) groups excluding carboxylic acids is 2. The third-order valence-corrected chi connectivity index (χ3v) is 6.27. The highest BCUT2D eigenvalue weighted by molar-refractivity contribution is 5.84. The molecule has 1 aliphatic carbocycles. The van der Waals surface area contributed by atoms with Crippen LogP contribution in [0.4, 0.5) is 4.79 Å². The summed E-state index contributed by atoms with van der Waals surface area (Å²) in [6.07, 6.45) is 4.42. The first-order valence-electron chi connectivity index (χ1n) is 10.7. The molecule has 2 aliphatic heterocycles. The molecular weight excluding hydrogens is 352 g/mol. The highest BCUT2D eigenvalue weighted by Gasteiger charge is 2.38. The summed E-state index contributed by atoms with van der Waals surface area (Å²) in [7, 11) is 0. The van der Waals surface area contributed by atoms with E-state index >= 15 is 0 Å². The number of urea groups is 1. The van der Waals surface area contributed by atoms with Gasteiger partial charge in [-0.05, 0) is 44.1 Å². The van der Waals surface area contributed by atoms with Crippen molar-refractivity contribution in [1.82, 2.24) is 20.0 Å². The number of rotatable bonds is 5. The molecule has 2 saturated heterocycles.